The molecule has 1 aliphatic rings. The summed E-state index contributed by atoms with van der Waals surface area (Å²) in [4.78, 5) is 29.7. The van der Waals surface area contributed by atoms with Gasteiger partial charge in [0.1, 0.15) is 18.1 Å². The topological polar surface area (TPSA) is 97.9 Å². The largest absolute Gasteiger partial charge is 0.351 e. The summed E-state index contributed by atoms with van der Waals surface area (Å²) in [5.74, 6) is -0.452. The highest BCUT2D eigenvalue weighted by molar-refractivity contribution is 6.01. The van der Waals surface area contributed by atoms with E-state index in [1.54, 1.807) is 14.3 Å². The Morgan fingerprint density at radius 2 is 1.78 bits per heavy atom. The molecule has 5 rings (SSSR count). The minimum atomic E-state index is -0.874. The zero-order valence-corrected chi connectivity index (χ0v) is 21.6. The van der Waals surface area contributed by atoms with Gasteiger partial charge < -0.3 is 5.32 Å². The van der Waals surface area contributed by atoms with Gasteiger partial charge in [-0.2, -0.15) is 5.10 Å². The summed E-state index contributed by atoms with van der Waals surface area (Å²) in [7, 11) is 1.83. The second-order valence-corrected chi connectivity index (χ2v) is 9.92. The van der Waals surface area contributed by atoms with Gasteiger partial charge >= 0.3 is 0 Å². The number of aromatic nitrogens is 5. The number of benzene rings is 2. The minimum absolute atomic E-state index is 0.0547. The van der Waals surface area contributed by atoms with Crippen LogP contribution in [-0.4, -0.2) is 42.6 Å². The van der Waals surface area contributed by atoms with Gasteiger partial charge in [-0.1, -0.05) is 54.3 Å². The Bertz CT molecular complexity index is 1400. The lowest BCUT2D eigenvalue weighted by atomic mass is 9.94. The molecule has 9 heteroatoms. The molecule has 2 heterocycles. The van der Waals surface area contributed by atoms with Crippen molar-refractivity contribution >= 4 is 28.5 Å². The number of carbonyl (C=O) groups excluding carboxylic acids is 2. The van der Waals surface area contributed by atoms with Crippen LogP contribution in [0.3, 0.4) is 0 Å². The number of nitrogens with zero attached hydrogens (tertiary/aromatic N) is 6. The Kier molecular flexibility index (Phi) is 7.03. The molecule has 1 atom stereocenters. The van der Waals surface area contributed by atoms with Crippen LogP contribution in [0.25, 0.3) is 11.0 Å². The lowest BCUT2D eigenvalue weighted by Crippen LogP contribution is -2.48. The van der Waals surface area contributed by atoms with Crippen molar-refractivity contribution in [3.05, 3.63) is 71.5 Å². The molecule has 2 aromatic heterocycles. The van der Waals surface area contributed by atoms with Crippen molar-refractivity contribution in [1.82, 2.24) is 30.1 Å². The Morgan fingerprint density at radius 1 is 1.05 bits per heavy atom. The van der Waals surface area contributed by atoms with Crippen molar-refractivity contribution in [2.24, 2.45) is 7.05 Å². The molecule has 0 bridgehead atoms. The van der Waals surface area contributed by atoms with Gasteiger partial charge in [0.2, 0.25) is 11.8 Å². The van der Waals surface area contributed by atoms with E-state index in [0.29, 0.717) is 22.5 Å². The summed E-state index contributed by atoms with van der Waals surface area (Å²) in [6, 6.07) is 14.4. The summed E-state index contributed by atoms with van der Waals surface area (Å²) < 4.78 is 3.28. The maximum absolute atomic E-state index is 14.1. The van der Waals surface area contributed by atoms with Gasteiger partial charge in [-0.15, -0.1) is 5.10 Å². The van der Waals surface area contributed by atoms with Gasteiger partial charge in [0.15, 0.2) is 0 Å². The smallest absolute Gasteiger partial charge is 0.249 e. The zero-order valence-electron chi connectivity index (χ0n) is 21.6. The molecule has 0 unspecified atom stereocenters. The van der Waals surface area contributed by atoms with Gasteiger partial charge in [-0.05, 0) is 51.0 Å². The molecular formula is C28H33N7O2. The number of anilines is 1. The Balaban J connectivity index is 1.56. The van der Waals surface area contributed by atoms with Crippen LogP contribution in [0.4, 0.5) is 5.69 Å². The van der Waals surface area contributed by atoms with E-state index in [0.717, 1.165) is 36.8 Å². The summed E-state index contributed by atoms with van der Waals surface area (Å²) in [6.45, 7) is 3.82. The first-order chi connectivity index (χ1) is 17.9. The highest BCUT2D eigenvalue weighted by Gasteiger charge is 2.36. The molecule has 0 aliphatic heterocycles. The average Bonchev–Trinajstić information content (AvgIpc) is 3.45. The van der Waals surface area contributed by atoms with E-state index in [9.17, 15) is 9.59 Å². The van der Waals surface area contributed by atoms with Crippen molar-refractivity contribution in [2.75, 3.05) is 4.90 Å². The van der Waals surface area contributed by atoms with Gasteiger partial charge in [0.05, 0.1) is 11.2 Å². The number of hydrogen-bond acceptors (Lipinski definition) is 5. The van der Waals surface area contributed by atoms with Crippen molar-refractivity contribution in [3.63, 3.8) is 0 Å². The molecule has 0 spiro atoms. The third-order valence-electron chi connectivity index (χ3n) is 7.09. The first kappa shape index (κ1) is 24.7. The first-order valence-electron chi connectivity index (χ1n) is 12.9. The quantitative estimate of drug-likeness (QED) is 0.414. The number of hydrogen-bond donors (Lipinski definition) is 1. The number of aryl methyl sites for hydroxylation is 3. The summed E-state index contributed by atoms with van der Waals surface area (Å²) in [6.07, 6.45) is 7.13. The normalized spacial score (nSPS) is 15.0. The molecule has 37 heavy (non-hydrogen) atoms. The number of rotatable bonds is 7. The summed E-state index contributed by atoms with van der Waals surface area (Å²) >= 11 is 0. The minimum Gasteiger partial charge on any atom is -0.351 e. The summed E-state index contributed by atoms with van der Waals surface area (Å²) in [5.41, 5.74) is 4.61. The Hall–Kier alpha value is -4.01. The molecule has 2 aromatic carbocycles. The van der Waals surface area contributed by atoms with E-state index < -0.39 is 6.04 Å². The predicted molar refractivity (Wildman–Crippen MR) is 142 cm³/mol. The second-order valence-electron chi connectivity index (χ2n) is 9.92. The maximum atomic E-state index is 14.1. The molecule has 1 fully saturated rings. The molecule has 4 aromatic rings. The second kappa shape index (κ2) is 10.5. The van der Waals surface area contributed by atoms with Crippen LogP contribution >= 0.6 is 0 Å². The van der Waals surface area contributed by atoms with Crippen molar-refractivity contribution in [3.8, 4) is 0 Å². The fraction of sp³-hybridized carbons (Fsp3) is 0.393. The number of amides is 2. The molecule has 1 N–H and O–H groups in total. The van der Waals surface area contributed by atoms with E-state index in [-0.39, 0.29) is 24.4 Å². The van der Waals surface area contributed by atoms with Crippen LogP contribution in [0, 0.1) is 13.8 Å². The third-order valence-corrected chi connectivity index (χ3v) is 7.09. The van der Waals surface area contributed by atoms with Crippen LogP contribution in [0.1, 0.15) is 55.0 Å². The zero-order chi connectivity index (χ0) is 25.9. The molecule has 0 radical (unpaired) electrons. The van der Waals surface area contributed by atoms with Gasteiger partial charge in [0, 0.05) is 30.5 Å². The molecule has 2 amide bonds. The first-order valence-corrected chi connectivity index (χ1v) is 12.9. The van der Waals surface area contributed by atoms with Crippen molar-refractivity contribution < 1.29 is 9.59 Å². The standard InChI is InChI=1S/C28H33N7O2/c1-19-13-15-22(16-14-19)35(26(36)18-34-25-12-8-7-11-24(25)30-32-34)27(23-17-33(3)31-20(23)2)28(37)29-21-9-5-4-6-10-21/h7-8,11-17,21,27H,4-6,9-10,18H2,1-3H3,(H,29,37)/t27-/m0/s1. The fourth-order valence-corrected chi connectivity index (χ4v) is 5.19. The fourth-order valence-electron chi connectivity index (χ4n) is 5.19. The lowest BCUT2D eigenvalue weighted by molar-refractivity contribution is -0.127. The van der Waals surface area contributed by atoms with Gasteiger partial charge in [-0.25, -0.2) is 4.68 Å². The molecule has 1 aliphatic carbocycles. The van der Waals surface area contributed by atoms with Crippen LogP contribution in [-0.2, 0) is 23.2 Å². The summed E-state index contributed by atoms with van der Waals surface area (Å²) in [5, 5.41) is 16.2. The SMILES string of the molecule is Cc1ccc(N(C(=O)Cn2nnc3ccccc32)[C@H](C(=O)NC2CCCCC2)c2cn(C)nc2C)cc1. The van der Waals surface area contributed by atoms with Gasteiger partial charge in [0.25, 0.3) is 0 Å². The van der Waals surface area contributed by atoms with Gasteiger partial charge in [-0.3, -0.25) is 19.2 Å². The van der Waals surface area contributed by atoms with E-state index in [1.807, 2.05) is 75.6 Å². The van der Waals surface area contributed by atoms with Crippen molar-refractivity contribution in [2.45, 2.75) is 64.6 Å². The highest BCUT2D eigenvalue weighted by atomic mass is 16.2. The van der Waals surface area contributed by atoms with E-state index in [1.165, 1.54) is 6.42 Å². The number of fused-ring (bicyclic) bond motifs is 1. The van der Waals surface area contributed by atoms with Crippen molar-refractivity contribution in [1.29, 1.82) is 0 Å². The Labute approximate surface area is 216 Å². The molecule has 192 valence electrons. The number of para-hydroxylation sites is 1. The number of carbonyl (C=O) groups is 2. The number of nitrogens with one attached hydrogen (secondary N) is 1. The van der Waals surface area contributed by atoms with Crippen LogP contribution in [0.5, 0.6) is 0 Å². The van der Waals surface area contributed by atoms with Crippen LogP contribution in [0.2, 0.25) is 0 Å². The van der Waals surface area contributed by atoms with E-state index in [4.69, 9.17) is 0 Å². The predicted octanol–water partition coefficient (Wildman–Crippen LogP) is 4.01. The lowest BCUT2D eigenvalue weighted by Gasteiger charge is -2.33. The van der Waals surface area contributed by atoms with E-state index in [2.05, 4.69) is 20.7 Å². The highest BCUT2D eigenvalue weighted by Crippen LogP contribution is 2.31. The van der Waals surface area contributed by atoms with Crippen LogP contribution < -0.4 is 10.2 Å². The van der Waals surface area contributed by atoms with E-state index >= 15 is 0 Å². The third kappa shape index (κ3) is 5.26. The molecular weight excluding hydrogens is 466 g/mol. The maximum Gasteiger partial charge on any atom is 0.249 e. The molecule has 9 nitrogen and oxygen atoms in total. The monoisotopic (exact) mass is 499 g/mol. The molecule has 1 saturated carbocycles. The molecule has 0 saturated heterocycles. The Morgan fingerprint density at radius 3 is 2.49 bits per heavy atom. The average molecular weight is 500 g/mol. The van der Waals surface area contributed by atoms with Crippen LogP contribution in [0.15, 0.2) is 54.7 Å².